The standard InChI is InChI=1S/C12H12F2N2OS/c1-8(17)6-7-18-12-15-9-4-2-3-5-10(9)16(12)11(13)14/h2-5,11H,6-7H2,1H3. The molecule has 1 aromatic heterocycles. The quantitative estimate of drug-likeness (QED) is 0.780. The Labute approximate surface area is 107 Å². The number of para-hydroxylation sites is 2. The third-order valence-electron chi connectivity index (χ3n) is 2.44. The second-order valence-electron chi connectivity index (χ2n) is 3.83. The van der Waals surface area contributed by atoms with Gasteiger partial charge in [0.1, 0.15) is 5.78 Å². The van der Waals surface area contributed by atoms with Gasteiger partial charge in [0.05, 0.1) is 11.0 Å². The lowest BCUT2D eigenvalue weighted by Gasteiger charge is -2.06. The molecule has 6 heteroatoms. The molecule has 0 spiro atoms. The van der Waals surface area contributed by atoms with Gasteiger partial charge in [0.2, 0.25) is 0 Å². The number of alkyl halides is 2. The van der Waals surface area contributed by atoms with Gasteiger partial charge in [-0.2, -0.15) is 8.78 Å². The highest BCUT2D eigenvalue weighted by atomic mass is 32.2. The van der Waals surface area contributed by atoms with Crippen molar-refractivity contribution in [3.63, 3.8) is 0 Å². The van der Waals surface area contributed by atoms with Crippen molar-refractivity contribution in [2.24, 2.45) is 0 Å². The Bertz CT molecular complexity index is 568. The van der Waals surface area contributed by atoms with Crippen LogP contribution in [-0.4, -0.2) is 21.1 Å². The Morgan fingerprint density at radius 3 is 2.83 bits per heavy atom. The van der Waals surface area contributed by atoms with Crippen LogP contribution in [0.1, 0.15) is 19.9 Å². The maximum Gasteiger partial charge on any atom is 0.321 e. The number of thioether (sulfide) groups is 1. The predicted molar refractivity (Wildman–Crippen MR) is 67.0 cm³/mol. The third-order valence-corrected chi connectivity index (χ3v) is 3.40. The van der Waals surface area contributed by atoms with Gasteiger partial charge in [-0.15, -0.1) is 0 Å². The summed E-state index contributed by atoms with van der Waals surface area (Å²) in [6, 6.07) is 6.77. The molecule has 2 rings (SSSR count). The maximum atomic E-state index is 13.0. The number of aromatic nitrogens is 2. The molecule has 0 unspecified atom stereocenters. The first-order chi connectivity index (χ1) is 8.59. The fourth-order valence-corrected chi connectivity index (χ4v) is 2.65. The number of benzene rings is 1. The third kappa shape index (κ3) is 2.69. The molecule has 0 N–H and O–H groups in total. The monoisotopic (exact) mass is 270 g/mol. The molecule has 0 aliphatic heterocycles. The zero-order chi connectivity index (χ0) is 13.1. The van der Waals surface area contributed by atoms with E-state index in [-0.39, 0.29) is 10.9 Å². The molecule has 0 radical (unpaired) electrons. The highest BCUT2D eigenvalue weighted by Crippen LogP contribution is 2.29. The Kier molecular flexibility index (Phi) is 3.96. The van der Waals surface area contributed by atoms with Crippen molar-refractivity contribution in [1.29, 1.82) is 0 Å². The van der Waals surface area contributed by atoms with Gasteiger partial charge in [0, 0.05) is 12.2 Å². The molecule has 0 atom stereocenters. The van der Waals surface area contributed by atoms with E-state index in [1.165, 1.54) is 18.7 Å². The number of halogens is 2. The van der Waals surface area contributed by atoms with Crippen LogP contribution in [0.2, 0.25) is 0 Å². The minimum atomic E-state index is -2.63. The summed E-state index contributed by atoms with van der Waals surface area (Å²) in [5.41, 5.74) is 0.959. The Balaban J connectivity index is 2.31. The van der Waals surface area contributed by atoms with Crippen molar-refractivity contribution in [1.82, 2.24) is 9.55 Å². The number of carbonyl (C=O) groups excluding carboxylic acids is 1. The summed E-state index contributed by atoms with van der Waals surface area (Å²) in [7, 11) is 0. The largest absolute Gasteiger partial charge is 0.321 e. The Morgan fingerprint density at radius 1 is 1.44 bits per heavy atom. The summed E-state index contributed by atoms with van der Waals surface area (Å²) in [5.74, 6) is 0.507. The summed E-state index contributed by atoms with van der Waals surface area (Å²) in [4.78, 5) is 15.0. The van der Waals surface area contributed by atoms with E-state index in [4.69, 9.17) is 0 Å². The number of rotatable bonds is 5. The fraction of sp³-hybridized carbons (Fsp3) is 0.333. The fourth-order valence-electron chi connectivity index (χ4n) is 1.60. The molecule has 3 nitrogen and oxygen atoms in total. The second kappa shape index (κ2) is 5.48. The number of imidazole rings is 1. The second-order valence-corrected chi connectivity index (χ2v) is 4.89. The van der Waals surface area contributed by atoms with Gasteiger partial charge in [-0.3, -0.25) is 9.36 Å². The first-order valence-corrected chi connectivity index (χ1v) is 6.45. The van der Waals surface area contributed by atoms with Crippen molar-refractivity contribution in [3.8, 4) is 0 Å². The molecule has 0 fully saturated rings. The zero-order valence-corrected chi connectivity index (χ0v) is 10.6. The summed E-state index contributed by atoms with van der Waals surface area (Å²) >= 11 is 1.18. The lowest BCUT2D eigenvalue weighted by atomic mass is 10.3. The molecule has 96 valence electrons. The van der Waals surface area contributed by atoms with Crippen molar-refractivity contribution in [2.75, 3.05) is 5.75 Å². The molecule has 0 aliphatic carbocycles. The van der Waals surface area contributed by atoms with Gasteiger partial charge in [-0.05, 0) is 19.1 Å². The molecule has 0 amide bonds. The van der Waals surface area contributed by atoms with Crippen LogP contribution in [-0.2, 0) is 4.79 Å². The van der Waals surface area contributed by atoms with Gasteiger partial charge >= 0.3 is 6.55 Å². The number of fused-ring (bicyclic) bond motifs is 1. The van der Waals surface area contributed by atoms with E-state index in [1.807, 2.05) is 0 Å². The van der Waals surface area contributed by atoms with Crippen LogP contribution in [0.15, 0.2) is 29.4 Å². The van der Waals surface area contributed by atoms with Crippen LogP contribution < -0.4 is 0 Å². The molecular formula is C12H12F2N2OS. The van der Waals surface area contributed by atoms with Gasteiger partial charge in [0.25, 0.3) is 0 Å². The molecule has 0 saturated carbocycles. The Hall–Kier alpha value is -1.43. The van der Waals surface area contributed by atoms with E-state index in [0.29, 0.717) is 23.2 Å². The van der Waals surface area contributed by atoms with E-state index < -0.39 is 6.55 Å². The minimum Gasteiger partial charge on any atom is -0.300 e. The number of ketones is 1. The first-order valence-electron chi connectivity index (χ1n) is 5.47. The molecule has 0 saturated heterocycles. The van der Waals surface area contributed by atoms with Crippen molar-refractivity contribution in [2.45, 2.75) is 25.1 Å². The topological polar surface area (TPSA) is 34.9 Å². The van der Waals surface area contributed by atoms with Crippen LogP contribution in [0.4, 0.5) is 8.78 Å². The summed E-state index contributed by atoms with van der Waals surface area (Å²) < 4.78 is 26.9. The van der Waals surface area contributed by atoms with Crippen LogP contribution in [0.5, 0.6) is 0 Å². The highest BCUT2D eigenvalue weighted by Gasteiger charge is 2.17. The molecule has 0 aliphatic rings. The average Bonchev–Trinajstić information content (AvgIpc) is 2.66. The van der Waals surface area contributed by atoms with Crippen molar-refractivity contribution in [3.05, 3.63) is 24.3 Å². The van der Waals surface area contributed by atoms with E-state index in [0.717, 1.165) is 4.57 Å². The van der Waals surface area contributed by atoms with Gasteiger partial charge in [0.15, 0.2) is 5.16 Å². The van der Waals surface area contributed by atoms with Crippen LogP contribution in [0.3, 0.4) is 0 Å². The lowest BCUT2D eigenvalue weighted by molar-refractivity contribution is -0.116. The van der Waals surface area contributed by atoms with E-state index in [9.17, 15) is 13.6 Å². The van der Waals surface area contributed by atoms with E-state index in [1.54, 1.807) is 24.3 Å². The smallest absolute Gasteiger partial charge is 0.300 e. The molecule has 1 aromatic carbocycles. The highest BCUT2D eigenvalue weighted by molar-refractivity contribution is 7.99. The number of Topliss-reactive ketones (excluding diaryl/α,β-unsaturated/α-hetero) is 1. The van der Waals surface area contributed by atoms with Crippen LogP contribution >= 0.6 is 11.8 Å². The Morgan fingerprint density at radius 2 is 2.17 bits per heavy atom. The number of hydrogen-bond donors (Lipinski definition) is 0. The van der Waals surface area contributed by atoms with E-state index in [2.05, 4.69) is 4.98 Å². The van der Waals surface area contributed by atoms with Gasteiger partial charge in [-0.1, -0.05) is 23.9 Å². The average molecular weight is 270 g/mol. The van der Waals surface area contributed by atoms with Gasteiger partial charge in [-0.25, -0.2) is 4.98 Å². The summed E-state index contributed by atoms with van der Waals surface area (Å²) in [5, 5.41) is 0.257. The van der Waals surface area contributed by atoms with Crippen LogP contribution in [0, 0.1) is 0 Å². The minimum absolute atomic E-state index is 0.0437. The normalized spacial score (nSPS) is 11.3. The van der Waals surface area contributed by atoms with Crippen molar-refractivity contribution >= 4 is 28.6 Å². The van der Waals surface area contributed by atoms with Gasteiger partial charge < -0.3 is 0 Å². The van der Waals surface area contributed by atoms with Crippen molar-refractivity contribution < 1.29 is 13.6 Å². The molecular weight excluding hydrogens is 258 g/mol. The molecule has 1 heterocycles. The zero-order valence-electron chi connectivity index (χ0n) is 9.77. The first kappa shape index (κ1) is 13.0. The number of nitrogens with zero attached hydrogens (tertiary/aromatic N) is 2. The lowest BCUT2D eigenvalue weighted by Crippen LogP contribution is -2.01. The molecule has 2 aromatic rings. The van der Waals surface area contributed by atoms with E-state index >= 15 is 0 Å². The molecule has 18 heavy (non-hydrogen) atoms. The number of carbonyl (C=O) groups is 1. The summed E-state index contributed by atoms with van der Waals surface area (Å²) in [6.45, 7) is -1.14. The maximum absolute atomic E-state index is 13.0. The molecule has 0 bridgehead atoms. The van der Waals surface area contributed by atoms with Crippen LogP contribution in [0.25, 0.3) is 11.0 Å². The predicted octanol–water partition coefficient (Wildman–Crippen LogP) is 3.50. The number of hydrogen-bond acceptors (Lipinski definition) is 3. The summed E-state index contributed by atoms with van der Waals surface area (Å²) in [6.07, 6.45) is 0.358. The SMILES string of the molecule is CC(=O)CCSc1nc2ccccc2n1C(F)F.